The molecule has 1 amide bonds. The van der Waals surface area contributed by atoms with Gasteiger partial charge in [0.25, 0.3) is 10.2 Å². The van der Waals surface area contributed by atoms with Crippen molar-refractivity contribution in [3.8, 4) is 0 Å². The van der Waals surface area contributed by atoms with Crippen molar-refractivity contribution in [3.63, 3.8) is 0 Å². The number of hydrogen-bond donors (Lipinski definition) is 1. The van der Waals surface area contributed by atoms with Crippen molar-refractivity contribution in [2.24, 2.45) is 0 Å². The highest BCUT2D eigenvalue weighted by atomic mass is 32.2. The second-order valence-corrected chi connectivity index (χ2v) is 9.48. The van der Waals surface area contributed by atoms with Crippen LogP contribution in [0.2, 0.25) is 0 Å². The molecular weight excluding hydrogens is 390 g/mol. The number of piperazine rings is 1. The van der Waals surface area contributed by atoms with Crippen LogP contribution in [0, 0.1) is 0 Å². The minimum atomic E-state index is -3.40. The lowest BCUT2D eigenvalue weighted by Gasteiger charge is -2.35. The second-order valence-electron chi connectivity index (χ2n) is 7.56. The molecule has 3 rings (SSSR count). The van der Waals surface area contributed by atoms with Crippen LogP contribution in [0.5, 0.6) is 0 Å². The van der Waals surface area contributed by atoms with Gasteiger partial charge in [0.05, 0.1) is 6.54 Å². The van der Waals surface area contributed by atoms with Gasteiger partial charge in [-0.3, -0.25) is 9.69 Å². The standard InChI is InChI=1S/C20H33N5O3S/c1-3-24(4-2)29(27,28)25-15-13-22(14-16-25)17-20(26)21-18-7-9-19(10-8-18)23-11-5-6-12-23/h7-10H,3-6,11-17H2,1-2H3,(H,21,26). The lowest BCUT2D eigenvalue weighted by atomic mass is 10.2. The minimum Gasteiger partial charge on any atom is -0.372 e. The van der Waals surface area contributed by atoms with Gasteiger partial charge in [0.2, 0.25) is 5.91 Å². The topological polar surface area (TPSA) is 76.2 Å². The molecule has 2 fully saturated rings. The number of benzene rings is 1. The summed E-state index contributed by atoms with van der Waals surface area (Å²) in [5, 5.41) is 2.95. The van der Waals surface area contributed by atoms with Crippen LogP contribution in [0.1, 0.15) is 26.7 Å². The van der Waals surface area contributed by atoms with E-state index in [2.05, 4.69) is 22.3 Å². The molecule has 2 aliphatic heterocycles. The molecule has 1 aromatic carbocycles. The smallest absolute Gasteiger partial charge is 0.282 e. The minimum absolute atomic E-state index is 0.0704. The van der Waals surface area contributed by atoms with Gasteiger partial charge in [-0.1, -0.05) is 13.8 Å². The van der Waals surface area contributed by atoms with Crippen LogP contribution >= 0.6 is 0 Å². The van der Waals surface area contributed by atoms with E-state index in [1.165, 1.54) is 27.1 Å². The molecule has 1 N–H and O–H groups in total. The molecule has 0 bridgehead atoms. The number of anilines is 2. The average Bonchev–Trinajstić information content (AvgIpc) is 3.24. The van der Waals surface area contributed by atoms with Gasteiger partial charge in [-0.25, -0.2) is 0 Å². The highest BCUT2D eigenvalue weighted by molar-refractivity contribution is 7.86. The van der Waals surface area contributed by atoms with Crippen LogP contribution in [0.15, 0.2) is 24.3 Å². The fraction of sp³-hybridized carbons (Fsp3) is 0.650. The molecule has 0 aromatic heterocycles. The third-order valence-corrected chi connectivity index (χ3v) is 7.87. The summed E-state index contributed by atoms with van der Waals surface area (Å²) in [5.74, 6) is -0.0704. The number of rotatable bonds is 8. The van der Waals surface area contributed by atoms with Crippen LogP contribution in [-0.2, 0) is 15.0 Å². The Morgan fingerprint density at radius 1 is 0.966 bits per heavy atom. The van der Waals surface area contributed by atoms with Crippen molar-refractivity contribution < 1.29 is 13.2 Å². The van der Waals surface area contributed by atoms with Crippen molar-refractivity contribution in [1.29, 1.82) is 0 Å². The molecule has 8 nitrogen and oxygen atoms in total. The van der Waals surface area contributed by atoms with E-state index in [0.29, 0.717) is 39.3 Å². The summed E-state index contributed by atoms with van der Waals surface area (Å²) in [4.78, 5) is 16.8. The summed E-state index contributed by atoms with van der Waals surface area (Å²) in [6, 6.07) is 8.00. The van der Waals surface area contributed by atoms with Crippen molar-refractivity contribution in [2.75, 3.05) is 69.1 Å². The number of amides is 1. The van der Waals surface area contributed by atoms with E-state index >= 15 is 0 Å². The molecule has 1 aromatic rings. The summed E-state index contributed by atoms with van der Waals surface area (Å²) < 4.78 is 28.2. The molecule has 29 heavy (non-hydrogen) atoms. The lowest BCUT2D eigenvalue weighted by molar-refractivity contribution is -0.117. The highest BCUT2D eigenvalue weighted by Crippen LogP contribution is 2.22. The zero-order chi connectivity index (χ0) is 20.9. The third-order valence-electron chi connectivity index (χ3n) is 5.68. The maximum Gasteiger partial charge on any atom is 0.282 e. The second kappa shape index (κ2) is 9.88. The summed E-state index contributed by atoms with van der Waals surface area (Å²) >= 11 is 0. The maximum atomic E-state index is 12.6. The summed E-state index contributed by atoms with van der Waals surface area (Å²) in [6.45, 7) is 9.04. The molecular formula is C20H33N5O3S. The van der Waals surface area contributed by atoms with E-state index < -0.39 is 10.2 Å². The average molecular weight is 424 g/mol. The predicted molar refractivity (Wildman–Crippen MR) is 116 cm³/mol. The van der Waals surface area contributed by atoms with Crippen LogP contribution in [0.25, 0.3) is 0 Å². The van der Waals surface area contributed by atoms with Gasteiger partial charge in [0.15, 0.2) is 0 Å². The Morgan fingerprint density at radius 2 is 1.55 bits per heavy atom. The molecule has 2 heterocycles. The van der Waals surface area contributed by atoms with Crippen LogP contribution in [0.3, 0.4) is 0 Å². The van der Waals surface area contributed by atoms with Crippen LogP contribution < -0.4 is 10.2 Å². The first kappa shape index (κ1) is 22.0. The summed E-state index contributed by atoms with van der Waals surface area (Å²) in [5.41, 5.74) is 1.99. The van der Waals surface area contributed by atoms with Crippen LogP contribution in [0.4, 0.5) is 11.4 Å². The number of carbonyl (C=O) groups excluding carboxylic acids is 1. The number of hydrogen-bond acceptors (Lipinski definition) is 5. The van der Waals surface area contributed by atoms with Gasteiger partial charge in [0, 0.05) is 63.7 Å². The normalized spacial score (nSPS) is 19.1. The Labute approximate surface area is 174 Å². The predicted octanol–water partition coefficient (Wildman–Crippen LogP) is 1.43. The molecule has 0 spiro atoms. The quantitative estimate of drug-likeness (QED) is 0.685. The van der Waals surface area contributed by atoms with E-state index in [9.17, 15) is 13.2 Å². The fourth-order valence-corrected chi connectivity index (χ4v) is 5.57. The van der Waals surface area contributed by atoms with Crippen LogP contribution in [-0.4, -0.2) is 86.7 Å². The molecule has 0 radical (unpaired) electrons. The first-order valence-corrected chi connectivity index (χ1v) is 12.0. The summed E-state index contributed by atoms with van der Waals surface area (Å²) in [7, 11) is -3.40. The van der Waals surface area contributed by atoms with Gasteiger partial charge in [-0.2, -0.15) is 17.0 Å². The molecule has 162 valence electrons. The first-order chi connectivity index (χ1) is 13.9. The Balaban J connectivity index is 1.46. The lowest BCUT2D eigenvalue weighted by Crippen LogP contribution is -2.54. The molecule has 2 saturated heterocycles. The molecule has 9 heteroatoms. The first-order valence-electron chi connectivity index (χ1n) is 10.6. The zero-order valence-electron chi connectivity index (χ0n) is 17.5. The third kappa shape index (κ3) is 5.48. The number of carbonyl (C=O) groups is 1. The Morgan fingerprint density at radius 3 is 2.10 bits per heavy atom. The number of nitrogens with one attached hydrogen (secondary N) is 1. The molecule has 0 aliphatic carbocycles. The maximum absolute atomic E-state index is 12.6. The van der Waals surface area contributed by atoms with Gasteiger partial charge >= 0.3 is 0 Å². The largest absolute Gasteiger partial charge is 0.372 e. The Hall–Kier alpha value is -1.68. The van der Waals surface area contributed by atoms with Gasteiger partial charge in [-0.15, -0.1) is 0 Å². The highest BCUT2D eigenvalue weighted by Gasteiger charge is 2.31. The van der Waals surface area contributed by atoms with E-state index in [1.807, 2.05) is 30.9 Å². The van der Waals surface area contributed by atoms with Crippen molar-refractivity contribution >= 4 is 27.5 Å². The van der Waals surface area contributed by atoms with E-state index in [4.69, 9.17) is 0 Å². The molecule has 2 aliphatic rings. The van der Waals surface area contributed by atoms with E-state index in [0.717, 1.165) is 18.8 Å². The zero-order valence-corrected chi connectivity index (χ0v) is 18.3. The monoisotopic (exact) mass is 423 g/mol. The fourth-order valence-electron chi connectivity index (χ4n) is 3.97. The van der Waals surface area contributed by atoms with Crippen molar-refractivity contribution in [3.05, 3.63) is 24.3 Å². The molecule has 0 saturated carbocycles. The van der Waals surface area contributed by atoms with Crippen molar-refractivity contribution in [2.45, 2.75) is 26.7 Å². The molecule has 0 unspecified atom stereocenters. The van der Waals surface area contributed by atoms with Gasteiger partial charge in [0.1, 0.15) is 0 Å². The SMILES string of the molecule is CCN(CC)S(=O)(=O)N1CCN(CC(=O)Nc2ccc(N3CCCC3)cc2)CC1. The van der Waals surface area contributed by atoms with Crippen molar-refractivity contribution in [1.82, 2.24) is 13.5 Å². The Kier molecular flexibility index (Phi) is 7.50. The Bertz CT molecular complexity index is 766. The summed E-state index contributed by atoms with van der Waals surface area (Å²) in [6.07, 6.45) is 2.48. The van der Waals surface area contributed by atoms with Gasteiger partial charge in [-0.05, 0) is 37.1 Å². The number of nitrogens with zero attached hydrogens (tertiary/aromatic N) is 4. The molecule has 0 atom stereocenters. The van der Waals surface area contributed by atoms with E-state index in [-0.39, 0.29) is 12.5 Å². The van der Waals surface area contributed by atoms with Gasteiger partial charge < -0.3 is 10.2 Å². The van der Waals surface area contributed by atoms with E-state index in [1.54, 1.807) is 0 Å².